The lowest BCUT2D eigenvalue weighted by molar-refractivity contribution is 0.281. The fourth-order valence-electron chi connectivity index (χ4n) is 1.99. The second kappa shape index (κ2) is 8.72. The van der Waals surface area contributed by atoms with Crippen LogP contribution in [0.2, 0.25) is 0 Å². The van der Waals surface area contributed by atoms with Crippen LogP contribution in [0.5, 0.6) is 17.2 Å². The largest absolute Gasteiger partial charge is 0.493 e. The molecule has 0 amide bonds. The molecule has 0 saturated carbocycles. The topological polar surface area (TPSA) is 27.7 Å². The molecule has 0 unspecified atom stereocenters. The average Bonchev–Trinajstić information content (AvgIpc) is 2.45. The highest BCUT2D eigenvalue weighted by molar-refractivity contribution is 5.56. The van der Waals surface area contributed by atoms with E-state index in [1.807, 2.05) is 19.9 Å². The summed E-state index contributed by atoms with van der Waals surface area (Å²) in [7, 11) is 0. The van der Waals surface area contributed by atoms with Gasteiger partial charge in [-0.1, -0.05) is 20.8 Å². The lowest BCUT2D eigenvalue weighted by Crippen LogP contribution is -2.06. The summed E-state index contributed by atoms with van der Waals surface area (Å²) in [5.41, 5.74) is 2.13. The SMILES string of the molecule is CCCOc1cc(OCCC)c(C)c(OCCC)c1C. The van der Waals surface area contributed by atoms with Crippen molar-refractivity contribution in [2.45, 2.75) is 53.9 Å². The third-order valence-corrected chi connectivity index (χ3v) is 3.06. The van der Waals surface area contributed by atoms with Crippen LogP contribution in [0.15, 0.2) is 6.07 Å². The molecule has 0 atom stereocenters. The highest BCUT2D eigenvalue weighted by Gasteiger charge is 2.15. The van der Waals surface area contributed by atoms with Crippen LogP contribution in [0.25, 0.3) is 0 Å². The third-order valence-electron chi connectivity index (χ3n) is 3.06. The van der Waals surface area contributed by atoms with E-state index in [4.69, 9.17) is 14.2 Å². The van der Waals surface area contributed by atoms with Crippen molar-refractivity contribution in [3.63, 3.8) is 0 Å². The van der Waals surface area contributed by atoms with Gasteiger partial charge >= 0.3 is 0 Å². The van der Waals surface area contributed by atoms with Crippen molar-refractivity contribution in [3.8, 4) is 17.2 Å². The van der Waals surface area contributed by atoms with Crippen molar-refractivity contribution in [3.05, 3.63) is 17.2 Å². The Kier molecular flexibility index (Phi) is 7.27. The van der Waals surface area contributed by atoms with Gasteiger partial charge in [0, 0.05) is 17.2 Å². The number of ether oxygens (including phenoxy) is 3. The van der Waals surface area contributed by atoms with Gasteiger partial charge in [-0.25, -0.2) is 0 Å². The smallest absolute Gasteiger partial charge is 0.132 e. The van der Waals surface area contributed by atoms with E-state index in [0.717, 1.165) is 47.6 Å². The van der Waals surface area contributed by atoms with E-state index in [2.05, 4.69) is 20.8 Å². The molecule has 1 aromatic rings. The maximum Gasteiger partial charge on any atom is 0.132 e. The minimum absolute atomic E-state index is 0.713. The molecule has 0 aliphatic carbocycles. The van der Waals surface area contributed by atoms with Crippen molar-refractivity contribution in [1.29, 1.82) is 0 Å². The molecule has 0 radical (unpaired) electrons. The van der Waals surface area contributed by atoms with Gasteiger partial charge in [0.05, 0.1) is 19.8 Å². The van der Waals surface area contributed by atoms with Gasteiger partial charge in [0.15, 0.2) is 0 Å². The molecule has 0 spiro atoms. The van der Waals surface area contributed by atoms with Gasteiger partial charge in [-0.15, -0.1) is 0 Å². The van der Waals surface area contributed by atoms with Gasteiger partial charge in [-0.05, 0) is 33.1 Å². The summed E-state index contributed by atoms with van der Waals surface area (Å²) in [6.45, 7) is 12.6. The molecule has 114 valence electrons. The van der Waals surface area contributed by atoms with Crippen LogP contribution in [-0.4, -0.2) is 19.8 Å². The van der Waals surface area contributed by atoms with Crippen LogP contribution >= 0.6 is 0 Å². The predicted molar refractivity (Wildman–Crippen MR) is 83.3 cm³/mol. The normalized spacial score (nSPS) is 10.4. The Balaban J connectivity index is 3.09. The van der Waals surface area contributed by atoms with Crippen molar-refractivity contribution in [2.24, 2.45) is 0 Å². The van der Waals surface area contributed by atoms with E-state index in [0.29, 0.717) is 19.8 Å². The zero-order valence-electron chi connectivity index (χ0n) is 13.5. The van der Waals surface area contributed by atoms with Gasteiger partial charge in [0.1, 0.15) is 17.2 Å². The van der Waals surface area contributed by atoms with Gasteiger partial charge in [0.2, 0.25) is 0 Å². The highest BCUT2D eigenvalue weighted by Crippen LogP contribution is 2.38. The van der Waals surface area contributed by atoms with Crippen molar-refractivity contribution in [2.75, 3.05) is 19.8 Å². The Morgan fingerprint density at radius 3 is 1.50 bits per heavy atom. The van der Waals surface area contributed by atoms with Crippen LogP contribution in [0, 0.1) is 13.8 Å². The van der Waals surface area contributed by atoms with Crippen molar-refractivity contribution < 1.29 is 14.2 Å². The maximum absolute atomic E-state index is 5.90. The molecule has 0 aliphatic rings. The molecule has 0 saturated heterocycles. The van der Waals surface area contributed by atoms with Gasteiger partial charge < -0.3 is 14.2 Å². The molecule has 0 fully saturated rings. The molecule has 3 nitrogen and oxygen atoms in total. The molecule has 0 bridgehead atoms. The second-order valence-corrected chi connectivity index (χ2v) is 5.00. The summed E-state index contributed by atoms with van der Waals surface area (Å²) in [5, 5.41) is 0. The lowest BCUT2D eigenvalue weighted by atomic mass is 10.1. The first kappa shape index (κ1) is 16.7. The molecule has 0 heterocycles. The van der Waals surface area contributed by atoms with E-state index in [9.17, 15) is 0 Å². The van der Waals surface area contributed by atoms with Crippen LogP contribution in [0.1, 0.15) is 51.2 Å². The quantitative estimate of drug-likeness (QED) is 0.658. The Hall–Kier alpha value is -1.38. The predicted octanol–water partition coefficient (Wildman–Crippen LogP) is 4.67. The zero-order chi connectivity index (χ0) is 15.0. The average molecular weight is 280 g/mol. The summed E-state index contributed by atoms with van der Waals surface area (Å²) in [4.78, 5) is 0. The molecule has 1 rings (SSSR count). The maximum atomic E-state index is 5.90. The number of benzene rings is 1. The van der Waals surface area contributed by atoms with E-state index in [-0.39, 0.29) is 0 Å². The Bertz CT molecular complexity index is 381. The Morgan fingerprint density at radius 1 is 0.700 bits per heavy atom. The second-order valence-electron chi connectivity index (χ2n) is 5.00. The first-order valence-corrected chi connectivity index (χ1v) is 7.68. The molecule has 0 N–H and O–H groups in total. The molecule has 1 aromatic carbocycles. The Labute approximate surface area is 123 Å². The van der Waals surface area contributed by atoms with Gasteiger partial charge in [-0.2, -0.15) is 0 Å². The van der Waals surface area contributed by atoms with E-state index >= 15 is 0 Å². The number of hydrogen-bond acceptors (Lipinski definition) is 3. The van der Waals surface area contributed by atoms with Crippen LogP contribution in [0.4, 0.5) is 0 Å². The number of rotatable bonds is 9. The molecule has 0 aliphatic heterocycles. The van der Waals surface area contributed by atoms with Crippen LogP contribution in [0.3, 0.4) is 0 Å². The minimum Gasteiger partial charge on any atom is -0.493 e. The summed E-state index contributed by atoms with van der Waals surface area (Å²) < 4.78 is 17.5. The first-order valence-electron chi connectivity index (χ1n) is 7.68. The van der Waals surface area contributed by atoms with Gasteiger partial charge in [-0.3, -0.25) is 0 Å². The third kappa shape index (κ3) is 4.32. The molecule has 20 heavy (non-hydrogen) atoms. The summed E-state index contributed by atoms with van der Waals surface area (Å²) in [5.74, 6) is 2.65. The zero-order valence-corrected chi connectivity index (χ0v) is 13.5. The molecular weight excluding hydrogens is 252 g/mol. The molecular formula is C17H28O3. The fraction of sp³-hybridized carbons (Fsp3) is 0.647. The summed E-state index contributed by atoms with van der Waals surface area (Å²) >= 11 is 0. The summed E-state index contributed by atoms with van der Waals surface area (Å²) in [6.07, 6.45) is 2.97. The van der Waals surface area contributed by atoms with E-state index < -0.39 is 0 Å². The molecule has 0 aromatic heterocycles. The van der Waals surface area contributed by atoms with Crippen molar-refractivity contribution >= 4 is 0 Å². The lowest BCUT2D eigenvalue weighted by Gasteiger charge is -2.19. The van der Waals surface area contributed by atoms with Crippen molar-refractivity contribution in [1.82, 2.24) is 0 Å². The Morgan fingerprint density at radius 2 is 1.10 bits per heavy atom. The first-order chi connectivity index (χ1) is 9.65. The standard InChI is InChI=1S/C17H28O3/c1-6-9-18-15-12-16(19-10-7-2)14(5)17(13(15)4)20-11-8-3/h12H,6-11H2,1-5H3. The van der Waals surface area contributed by atoms with Crippen LogP contribution < -0.4 is 14.2 Å². The fourth-order valence-corrected chi connectivity index (χ4v) is 1.99. The monoisotopic (exact) mass is 280 g/mol. The van der Waals surface area contributed by atoms with Gasteiger partial charge in [0.25, 0.3) is 0 Å². The summed E-state index contributed by atoms with van der Waals surface area (Å²) in [6, 6.07) is 1.99. The number of hydrogen-bond donors (Lipinski definition) is 0. The highest BCUT2D eigenvalue weighted by atomic mass is 16.5. The molecule has 3 heteroatoms. The minimum atomic E-state index is 0.713. The van der Waals surface area contributed by atoms with Crippen LogP contribution in [-0.2, 0) is 0 Å². The van der Waals surface area contributed by atoms with E-state index in [1.54, 1.807) is 0 Å². The van der Waals surface area contributed by atoms with E-state index in [1.165, 1.54) is 0 Å².